The summed E-state index contributed by atoms with van der Waals surface area (Å²) in [4.78, 5) is 7.30. The molecule has 0 amide bonds. The number of H-pyrrole nitrogens is 1. The Hall–Kier alpha value is -1.73. The Balaban J connectivity index is 1.08. The van der Waals surface area contributed by atoms with Gasteiger partial charge in [-0.2, -0.15) is 4.31 Å². The lowest BCUT2D eigenvalue weighted by Gasteiger charge is -2.39. The van der Waals surface area contributed by atoms with Crippen LogP contribution in [0.4, 0.5) is 10.8 Å². The first-order valence-corrected chi connectivity index (χ1v) is 15.4. The van der Waals surface area contributed by atoms with Crippen molar-refractivity contribution in [2.75, 3.05) is 28.9 Å². The first-order chi connectivity index (χ1) is 17.7. The standard InChI is InChI=1S/C29H34ClN3OS2/c1-2-16-33(28-31-15-18-35-28)36-25-11-6-21(7-12-25)5-8-23-9-14-27(29(23)20-34-29)32-17-3-4-22-19-24(30)10-13-26(22)32/h6-7,10-13,15,18-19,23,27H,2-5,8-9,14,16-17,20H2,1H3/p+1/t23?,27-,29?/m0/s1. The highest BCUT2D eigenvalue weighted by atomic mass is 35.5. The smallest absolute Gasteiger partial charge is 0.345 e. The maximum Gasteiger partial charge on any atom is 0.345 e. The van der Waals surface area contributed by atoms with Gasteiger partial charge in [0.05, 0.1) is 42.2 Å². The van der Waals surface area contributed by atoms with E-state index in [-0.39, 0.29) is 5.60 Å². The Morgan fingerprint density at radius 1 is 1.22 bits per heavy atom. The third kappa shape index (κ3) is 4.90. The van der Waals surface area contributed by atoms with Gasteiger partial charge in [-0.1, -0.05) is 42.0 Å². The number of aromatic amines is 1. The van der Waals surface area contributed by atoms with E-state index in [1.54, 1.807) is 11.3 Å². The van der Waals surface area contributed by atoms with Crippen molar-refractivity contribution in [2.24, 2.45) is 5.92 Å². The number of epoxide rings is 1. The zero-order valence-corrected chi connectivity index (χ0v) is 23.3. The SMILES string of the molecule is CCCN(Sc1ccc(CCC2CC[C@H](N3CCCc4cc(Cl)ccc43)C23CO3)cc1)c1[nH+]ccs1. The number of nitrogens with one attached hydrogen (secondary N) is 1. The van der Waals surface area contributed by atoms with Crippen LogP contribution < -0.4 is 14.2 Å². The second kappa shape index (κ2) is 10.6. The largest absolute Gasteiger partial charge is 0.367 e. The minimum absolute atomic E-state index is 0.0574. The van der Waals surface area contributed by atoms with E-state index in [0.29, 0.717) is 12.0 Å². The number of fused-ring (bicyclic) bond motifs is 1. The van der Waals surface area contributed by atoms with E-state index in [1.807, 2.05) is 24.2 Å². The topological polar surface area (TPSA) is 33.1 Å². The summed E-state index contributed by atoms with van der Waals surface area (Å²) in [6.45, 7) is 5.32. The number of anilines is 2. The second-order valence-electron chi connectivity index (χ2n) is 10.3. The Morgan fingerprint density at radius 2 is 2.08 bits per heavy atom. The maximum absolute atomic E-state index is 6.31. The van der Waals surface area contributed by atoms with Crippen LogP contribution in [0.25, 0.3) is 0 Å². The second-order valence-corrected chi connectivity index (χ2v) is 12.8. The van der Waals surface area contributed by atoms with E-state index in [2.05, 4.69) is 62.9 Å². The molecule has 3 aromatic rings. The fourth-order valence-corrected chi connectivity index (χ4v) is 8.27. The summed E-state index contributed by atoms with van der Waals surface area (Å²) in [5.41, 5.74) is 4.28. The summed E-state index contributed by atoms with van der Waals surface area (Å²) in [5, 5.41) is 4.16. The quantitative estimate of drug-likeness (QED) is 0.214. The van der Waals surface area contributed by atoms with Crippen LogP contribution in [0.2, 0.25) is 5.02 Å². The van der Waals surface area contributed by atoms with Gasteiger partial charge in [0, 0.05) is 22.6 Å². The van der Waals surface area contributed by atoms with Crippen molar-refractivity contribution in [1.29, 1.82) is 0 Å². The van der Waals surface area contributed by atoms with Crippen LogP contribution in [-0.4, -0.2) is 31.3 Å². The molecular formula is C29H35ClN3OS2+. The monoisotopic (exact) mass is 540 g/mol. The average molecular weight is 541 g/mol. The van der Waals surface area contributed by atoms with Gasteiger partial charge in [0.1, 0.15) is 5.60 Å². The lowest BCUT2D eigenvalue weighted by atomic mass is 9.87. The van der Waals surface area contributed by atoms with Crippen molar-refractivity contribution >= 4 is 45.7 Å². The van der Waals surface area contributed by atoms with Crippen LogP contribution in [0.1, 0.15) is 50.2 Å². The number of aromatic nitrogens is 1. The molecule has 6 rings (SSSR count). The molecule has 2 aliphatic heterocycles. The van der Waals surface area contributed by atoms with Crippen LogP contribution in [0.3, 0.4) is 0 Å². The van der Waals surface area contributed by atoms with Gasteiger partial charge in [-0.3, -0.25) is 0 Å². The number of benzene rings is 2. The average Bonchev–Trinajstić information content (AvgIpc) is 3.33. The van der Waals surface area contributed by atoms with Crippen LogP contribution >= 0.6 is 34.9 Å². The van der Waals surface area contributed by atoms with Gasteiger partial charge in [0.15, 0.2) is 0 Å². The van der Waals surface area contributed by atoms with E-state index >= 15 is 0 Å². The number of aryl methyl sites for hydroxylation is 2. The molecule has 2 unspecified atom stereocenters. The molecule has 3 atom stereocenters. The minimum Gasteiger partial charge on any atom is -0.367 e. The molecule has 1 N–H and O–H groups in total. The lowest BCUT2D eigenvalue weighted by Crippen LogP contribution is -2.47. The highest BCUT2D eigenvalue weighted by molar-refractivity contribution is 8.00. The van der Waals surface area contributed by atoms with E-state index < -0.39 is 0 Å². The van der Waals surface area contributed by atoms with Gasteiger partial charge in [-0.25, -0.2) is 4.98 Å². The molecule has 3 aliphatic rings. The number of halogens is 1. The molecule has 3 heterocycles. The molecule has 4 nitrogen and oxygen atoms in total. The number of hydrogen-bond acceptors (Lipinski definition) is 5. The molecule has 0 radical (unpaired) electrons. The molecule has 190 valence electrons. The van der Waals surface area contributed by atoms with E-state index in [9.17, 15) is 0 Å². The Labute approximate surface area is 228 Å². The molecule has 2 fully saturated rings. The van der Waals surface area contributed by atoms with Crippen LogP contribution in [0.5, 0.6) is 0 Å². The lowest BCUT2D eigenvalue weighted by molar-refractivity contribution is -0.356. The Bertz CT molecular complexity index is 1170. The molecule has 1 aromatic heterocycles. The molecule has 7 heteroatoms. The van der Waals surface area contributed by atoms with E-state index in [4.69, 9.17) is 16.3 Å². The fourth-order valence-electron chi connectivity index (χ4n) is 6.30. The summed E-state index contributed by atoms with van der Waals surface area (Å²) >= 11 is 9.88. The highest BCUT2D eigenvalue weighted by Gasteiger charge is 2.62. The summed E-state index contributed by atoms with van der Waals surface area (Å²) in [6, 6.07) is 16.2. The van der Waals surface area contributed by atoms with Gasteiger partial charge in [-0.05, 0) is 92.3 Å². The summed E-state index contributed by atoms with van der Waals surface area (Å²) in [6.07, 6.45) is 10.3. The Kier molecular flexibility index (Phi) is 7.22. The minimum atomic E-state index is 0.0574. The number of thiazole rings is 1. The molecule has 1 spiro atoms. The van der Waals surface area contributed by atoms with Crippen molar-refractivity contribution in [2.45, 2.75) is 68.4 Å². The van der Waals surface area contributed by atoms with Gasteiger partial charge in [-0.15, -0.1) is 0 Å². The maximum atomic E-state index is 6.31. The predicted octanol–water partition coefficient (Wildman–Crippen LogP) is 7.07. The van der Waals surface area contributed by atoms with Crippen molar-refractivity contribution in [3.05, 3.63) is 70.2 Å². The number of hydrogen-bond donors (Lipinski definition) is 0. The number of rotatable bonds is 9. The van der Waals surface area contributed by atoms with Gasteiger partial charge >= 0.3 is 5.13 Å². The molecule has 1 aliphatic carbocycles. The van der Waals surface area contributed by atoms with E-state index in [0.717, 1.165) is 44.0 Å². The molecule has 36 heavy (non-hydrogen) atoms. The van der Waals surface area contributed by atoms with Crippen molar-refractivity contribution in [3.63, 3.8) is 0 Å². The van der Waals surface area contributed by atoms with Crippen LogP contribution in [0.15, 0.2) is 58.9 Å². The highest BCUT2D eigenvalue weighted by Crippen LogP contribution is 2.53. The third-order valence-corrected chi connectivity index (χ3v) is 10.4. The Morgan fingerprint density at radius 3 is 2.83 bits per heavy atom. The van der Waals surface area contributed by atoms with Gasteiger partial charge in [0.25, 0.3) is 0 Å². The zero-order valence-electron chi connectivity index (χ0n) is 20.9. The molecule has 2 aromatic carbocycles. The molecule has 1 saturated carbocycles. The molecule has 0 bridgehead atoms. The predicted molar refractivity (Wildman–Crippen MR) is 151 cm³/mol. The normalized spacial score (nSPS) is 24.8. The zero-order chi connectivity index (χ0) is 24.5. The van der Waals surface area contributed by atoms with E-state index in [1.165, 1.54) is 52.5 Å². The summed E-state index contributed by atoms with van der Waals surface area (Å²) in [5.74, 6) is 0.642. The number of nitrogens with zero attached hydrogens (tertiary/aromatic N) is 2. The first-order valence-electron chi connectivity index (χ1n) is 13.3. The summed E-state index contributed by atoms with van der Waals surface area (Å²) in [7, 11) is 0. The van der Waals surface area contributed by atoms with Crippen molar-refractivity contribution in [1.82, 2.24) is 0 Å². The molecule has 1 saturated heterocycles. The van der Waals surface area contributed by atoms with Crippen molar-refractivity contribution < 1.29 is 9.72 Å². The van der Waals surface area contributed by atoms with Crippen LogP contribution in [-0.2, 0) is 17.6 Å². The van der Waals surface area contributed by atoms with Crippen molar-refractivity contribution in [3.8, 4) is 0 Å². The molecular weight excluding hydrogens is 506 g/mol. The van der Waals surface area contributed by atoms with Gasteiger partial charge < -0.3 is 9.64 Å². The third-order valence-electron chi connectivity index (χ3n) is 8.12. The van der Waals surface area contributed by atoms with Gasteiger partial charge in [0.2, 0.25) is 0 Å². The fraction of sp³-hybridized carbons (Fsp3) is 0.483. The first kappa shape index (κ1) is 24.6. The van der Waals surface area contributed by atoms with Crippen LogP contribution in [0, 0.1) is 5.92 Å². The number of ether oxygens (including phenoxy) is 1. The summed E-state index contributed by atoms with van der Waals surface area (Å²) < 4.78 is 8.67.